The van der Waals surface area contributed by atoms with Crippen molar-refractivity contribution < 1.29 is 14.3 Å². The first-order valence-corrected chi connectivity index (χ1v) is 7.83. The number of benzene rings is 1. The van der Waals surface area contributed by atoms with Crippen molar-refractivity contribution in [2.24, 2.45) is 0 Å². The number of rotatable bonds is 6. The van der Waals surface area contributed by atoms with Gasteiger partial charge in [0.05, 0.1) is 6.10 Å². The minimum absolute atomic E-state index is 0.104. The number of hydrogen-bond donors (Lipinski definition) is 1. The van der Waals surface area contributed by atoms with Crippen molar-refractivity contribution in [3.63, 3.8) is 0 Å². The van der Waals surface area contributed by atoms with Crippen molar-refractivity contribution in [3.8, 4) is 5.75 Å². The van der Waals surface area contributed by atoms with E-state index in [4.69, 9.17) is 9.47 Å². The van der Waals surface area contributed by atoms with Crippen LogP contribution in [0.3, 0.4) is 0 Å². The molecule has 23 heavy (non-hydrogen) atoms. The lowest BCUT2D eigenvalue weighted by Crippen LogP contribution is -2.22. The fourth-order valence-electron chi connectivity index (χ4n) is 2.45. The maximum Gasteiger partial charge on any atom is 0.251 e. The average Bonchev–Trinajstić information content (AvgIpc) is 3.13. The van der Waals surface area contributed by atoms with E-state index >= 15 is 0 Å². The summed E-state index contributed by atoms with van der Waals surface area (Å²) >= 11 is 0. The van der Waals surface area contributed by atoms with Gasteiger partial charge in [-0.1, -0.05) is 0 Å². The number of hydrogen-bond acceptors (Lipinski definition) is 4. The molecule has 1 unspecified atom stereocenters. The zero-order valence-corrected chi connectivity index (χ0v) is 12.9. The molecule has 1 aromatic heterocycles. The zero-order valence-electron chi connectivity index (χ0n) is 12.9. The Morgan fingerprint density at radius 2 is 2.00 bits per heavy atom. The van der Waals surface area contributed by atoms with E-state index in [1.54, 1.807) is 24.5 Å². The Kier molecular flexibility index (Phi) is 5.21. The van der Waals surface area contributed by atoms with E-state index in [0.29, 0.717) is 18.7 Å². The first-order valence-electron chi connectivity index (χ1n) is 7.83. The molecule has 1 saturated heterocycles. The summed E-state index contributed by atoms with van der Waals surface area (Å²) < 4.78 is 11.2. The van der Waals surface area contributed by atoms with Crippen LogP contribution in [0.25, 0.3) is 0 Å². The molecule has 3 rings (SSSR count). The van der Waals surface area contributed by atoms with Crippen LogP contribution in [-0.2, 0) is 11.3 Å². The minimum atomic E-state index is -0.104. The van der Waals surface area contributed by atoms with Crippen LogP contribution in [0.4, 0.5) is 0 Å². The molecular weight excluding hydrogens is 292 g/mol. The third kappa shape index (κ3) is 4.53. The van der Waals surface area contributed by atoms with Gasteiger partial charge < -0.3 is 14.8 Å². The summed E-state index contributed by atoms with van der Waals surface area (Å²) in [5, 5.41) is 2.88. The second kappa shape index (κ2) is 7.74. The molecule has 5 heteroatoms. The number of ether oxygens (including phenoxy) is 2. The molecule has 2 aromatic rings. The minimum Gasteiger partial charge on any atom is -0.491 e. The Hall–Kier alpha value is -2.40. The van der Waals surface area contributed by atoms with E-state index in [1.807, 2.05) is 24.3 Å². The van der Waals surface area contributed by atoms with Gasteiger partial charge >= 0.3 is 0 Å². The second-order valence-corrected chi connectivity index (χ2v) is 5.51. The highest BCUT2D eigenvalue weighted by molar-refractivity contribution is 5.94. The Bertz CT molecular complexity index is 622. The van der Waals surface area contributed by atoms with Gasteiger partial charge in [-0.2, -0.15) is 0 Å². The first kappa shape index (κ1) is 15.5. The van der Waals surface area contributed by atoms with Crippen molar-refractivity contribution in [1.29, 1.82) is 0 Å². The van der Waals surface area contributed by atoms with E-state index in [0.717, 1.165) is 30.8 Å². The van der Waals surface area contributed by atoms with Crippen molar-refractivity contribution in [2.45, 2.75) is 25.5 Å². The SMILES string of the molecule is O=C(NCc1ccncc1)c1ccc(OCC2CCCO2)cc1. The molecule has 0 aliphatic carbocycles. The number of amides is 1. The van der Waals surface area contributed by atoms with Gasteiger partial charge in [0.25, 0.3) is 5.91 Å². The van der Waals surface area contributed by atoms with Crippen LogP contribution in [0.5, 0.6) is 5.75 Å². The van der Waals surface area contributed by atoms with Crippen molar-refractivity contribution in [3.05, 3.63) is 59.9 Å². The second-order valence-electron chi connectivity index (χ2n) is 5.51. The van der Waals surface area contributed by atoms with Gasteiger partial charge in [0.15, 0.2) is 0 Å². The Morgan fingerprint density at radius 3 is 2.70 bits per heavy atom. The standard InChI is InChI=1S/C18H20N2O3/c21-18(20-12-14-7-9-19-10-8-14)15-3-5-16(6-4-15)23-13-17-2-1-11-22-17/h3-10,17H,1-2,11-13H2,(H,20,21). The fraction of sp³-hybridized carbons (Fsp3) is 0.333. The lowest BCUT2D eigenvalue weighted by molar-refractivity contribution is 0.0679. The lowest BCUT2D eigenvalue weighted by atomic mass is 10.2. The molecular formula is C18H20N2O3. The van der Waals surface area contributed by atoms with Gasteiger partial charge in [-0.3, -0.25) is 9.78 Å². The molecule has 1 aromatic carbocycles. The van der Waals surface area contributed by atoms with E-state index in [2.05, 4.69) is 10.3 Å². The molecule has 1 aliphatic rings. The molecule has 0 radical (unpaired) electrons. The van der Waals surface area contributed by atoms with Crippen molar-refractivity contribution >= 4 is 5.91 Å². The highest BCUT2D eigenvalue weighted by Crippen LogP contribution is 2.16. The number of nitrogens with one attached hydrogen (secondary N) is 1. The van der Waals surface area contributed by atoms with E-state index in [9.17, 15) is 4.79 Å². The summed E-state index contributed by atoms with van der Waals surface area (Å²) in [6, 6.07) is 10.9. The zero-order chi connectivity index (χ0) is 15.9. The van der Waals surface area contributed by atoms with Gasteiger partial charge in [0.2, 0.25) is 0 Å². The van der Waals surface area contributed by atoms with Crippen molar-refractivity contribution in [1.82, 2.24) is 10.3 Å². The summed E-state index contributed by atoms with van der Waals surface area (Å²) in [5.74, 6) is 0.652. The lowest BCUT2D eigenvalue weighted by Gasteiger charge is -2.11. The monoisotopic (exact) mass is 312 g/mol. The van der Waals surface area contributed by atoms with E-state index in [-0.39, 0.29) is 12.0 Å². The number of pyridine rings is 1. The highest BCUT2D eigenvalue weighted by atomic mass is 16.5. The number of nitrogens with zero attached hydrogens (tertiary/aromatic N) is 1. The van der Waals surface area contributed by atoms with Crippen LogP contribution in [-0.4, -0.2) is 30.2 Å². The molecule has 1 fully saturated rings. The van der Waals surface area contributed by atoms with Crippen LogP contribution in [0.2, 0.25) is 0 Å². The van der Waals surface area contributed by atoms with Gasteiger partial charge in [-0.15, -0.1) is 0 Å². The van der Waals surface area contributed by atoms with Gasteiger partial charge in [0, 0.05) is 31.1 Å². The maximum absolute atomic E-state index is 12.1. The maximum atomic E-state index is 12.1. The molecule has 0 spiro atoms. The fourth-order valence-corrected chi connectivity index (χ4v) is 2.45. The average molecular weight is 312 g/mol. The van der Waals surface area contributed by atoms with Crippen LogP contribution < -0.4 is 10.1 Å². The van der Waals surface area contributed by atoms with Crippen LogP contribution in [0.15, 0.2) is 48.8 Å². The van der Waals surface area contributed by atoms with Crippen molar-refractivity contribution in [2.75, 3.05) is 13.2 Å². The summed E-state index contributed by atoms with van der Waals surface area (Å²) in [6.07, 6.45) is 5.77. The molecule has 5 nitrogen and oxygen atoms in total. The molecule has 0 bridgehead atoms. The number of carbonyl (C=O) groups excluding carboxylic acids is 1. The number of carbonyl (C=O) groups is 1. The Labute approximate surface area is 135 Å². The first-order chi connectivity index (χ1) is 11.3. The molecule has 1 N–H and O–H groups in total. The predicted molar refractivity (Wildman–Crippen MR) is 86.3 cm³/mol. The molecule has 1 amide bonds. The Balaban J connectivity index is 1.48. The third-order valence-electron chi connectivity index (χ3n) is 3.78. The predicted octanol–water partition coefficient (Wildman–Crippen LogP) is 2.57. The van der Waals surface area contributed by atoms with Gasteiger partial charge in [-0.25, -0.2) is 0 Å². The normalized spacial score (nSPS) is 17.0. The molecule has 1 aliphatic heterocycles. The summed E-state index contributed by atoms with van der Waals surface area (Å²) in [4.78, 5) is 16.1. The molecule has 2 heterocycles. The highest BCUT2D eigenvalue weighted by Gasteiger charge is 2.16. The van der Waals surface area contributed by atoms with Gasteiger partial charge in [0.1, 0.15) is 12.4 Å². The molecule has 0 saturated carbocycles. The quantitative estimate of drug-likeness (QED) is 0.890. The van der Waals surface area contributed by atoms with E-state index in [1.165, 1.54) is 0 Å². The smallest absolute Gasteiger partial charge is 0.251 e. The largest absolute Gasteiger partial charge is 0.491 e. The van der Waals surface area contributed by atoms with Crippen LogP contribution >= 0.6 is 0 Å². The van der Waals surface area contributed by atoms with E-state index < -0.39 is 0 Å². The van der Waals surface area contributed by atoms with Gasteiger partial charge in [-0.05, 0) is 54.8 Å². The Morgan fingerprint density at radius 1 is 1.22 bits per heavy atom. The molecule has 120 valence electrons. The molecule has 1 atom stereocenters. The topological polar surface area (TPSA) is 60.5 Å². The third-order valence-corrected chi connectivity index (χ3v) is 3.78. The summed E-state index contributed by atoms with van der Waals surface area (Å²) in [7, 11) is 0. The number of aromatic nitrogens is 1. The van der Waals surface area contributed by atoms with Crippen LogP contribution in [0, 0.1) is 0 Å². The summed E-state index contributed by atoms with van der Waals surface area (Å²) in [6.45, 7) is 1.87. The summed E-state index contributed by atoms with van der Waals surface area (Å²) in [5.41, 5.74) is 1.63. The van der Waals surface area contributed by atoms with Crippen LogP contribution in [0.1, 0.15) is 28.8 Å².